The Hall–Kier alpha value is -1.69. The molecule has 1 aliphatic heterocycles. The molecule has 2 aliphatic carbocycles. The van der Waals surface area contributed by atoms with Crippen LogP contribution in [0.4, 0.5) is 0 Å². The molecule has 20 heavy (non-hydrogen) atoms. The third kappa shape index (κ3) is 2.14. The Bertz CT molecular complexity index is 511. The second-order valence-electron chi connectivity index (χ2n) is 5.71. The van der Waals surface area contributed by atoms with Crippen LogP contribution in [0.2, 0.25) is 0 Å². The van der Waals surface area contributed by atoms with Gasteiger partial charge in [-0.1, -0.05) is 6.08 Å². The van der Waals surface area contributed by atoms with Gasteiger partial charge in [0.05, 0.1) is 17.3 Å². The van der Waals surface area contributed by atoms with E-state index in [1.807, 2.05) is 6.08 Å². The fraction of sp³-hybridized carbons (Fsp3) is 0.643. The first-order valence-electron chi connectivity index (χ1n) is 7.08. The van der Waals surface area contributed by atoms with Gasteiger partial charge in [-0.2, -0.15) is 0 Å². The molecule has 6 nitrogen and oxygen atoms in total. The van der Waals surface area contributed by atoms with Crippen molar-refractivity contribution in [3.05, 3.63) is 11.8 Å². The molecule has 4 unspecified atom stereocenters. The number of carbonyl (C=O) groups is 2. The van der Waals surface area contributed by atoms with Crippen molar-refractivity contribution < 1.29 is 19.8 Å². The summed E-state index contributed by atoms with van der Waals surface area (Å²) in [6.45, 7) is 0. The molecule has 0 aromatic rings. The lowest BCUT2D eigenvalue weighted by molar-refractivity contribution is -0.151. The molecule has 1 fully saturated rings. The molecule has 108 valence electrons. The highest BCUT2D eigenvalue weighted by Crippen LogP contribution is 2.34. The third-order valence-electron chi connectivity index (χ3n) is 4.50. The Morgan fingerprint density at radius 3 is 2.65 bits per heavy atom. The van der Waals surface area contributed by atoms with E-state index in [9.17, 15) is 19.8 Å². The SMILES string of the molecule is O=C(O)C1CCC2NC3CCCC=C3N=C2C1C(=O)O. The minimum absolute atomic E-state index is 0.0908. The highest BCUT2D eigenvalue weighted by molar-refractivity contribution is 6.08. The van der Waals surface area contributed by atoms with Gasteiger partial charge in [0.2, 0.25) is 0 Å². The molecule has 0 amide bonds. The fourth-order valence-corrected chi connectivity index (χ4v) is 3.51. The smallest absolute Gasteiger partial charge is 0.313 e. The van der Waals surface area contributed by atoms with Crippen molar-refractivity contribution in [2.75, 3.05) is 0 Å². The van der Waals surface area contributed by atoms with Gasteiger partial charge in [0.25, 0.3) is 0 Å². The number of nitrogens with one attached hydrogen (secondary N) is 1. The molecule has 0 radical (unpaired) electrons. The van der Waals surface area contributed by atoms with Gasteiger partial charge in [0, 0.05) is 12.1 Å². The first-order chi connectivity index (χ1) is 9.58. The summed E-state index contributed by atoms with van der Waals surface area (Å²) in [5.41, 5.74) is 1.39. The molecule has 4 atom stereocenters. The summed E-state index contributed by atoms with van der Waals surface area (Å²) >= 11 is 0. The predicted molar refractivity (Wildman–Crippen MR) is 71.6 cm³/mol. The van der Waals surface area contributed by atoms with Gasteiger partial charge in [-0.3, -0.25) is 14.6 Å². The average Bonchev–Trinajstić information content (AvgIpc) is 2.43. The summed E-state index contributed by atoms with van der Waals surface area (Å²) in [5.74, 6) is -4.01. The zero-order valence-electron chi connectivity index (χ0n) is 11.1. The van der Waals surface area contributed by atoms with Gasteiger partial charge in [-0.25, -0.2) is 0 Å². The van der Waals surface area contributed by atoms with E-state index in [0.717, 1.165) is 25.0 Å². The molecule has 3 rings (SSSR count). The summed E-state index contributed by atoms with van der Waals surface area (Å²) in [7, 11) is 0. The molecule has 0 bridgehead atoms. The number of fused-ring (bicyclic) bond motifs is 2. The van der Waals surface area contributed by atoms with Crippen LogP contribution in [0, 0.1) is 11.8 Å². The molecule has 0 saturated heterocycles. The molecule has 0 aromatic carbocycles. The molecule has 3 aliphatic rings. The topological polar surface area (TPSA) is 99.0 Å². The number of rotatable bonds is 2. The van der Waals surface area contributed by atoms with Crippen LogP contribution in [0.25, 0.3) is 0 Å². The third-order valence-corrected chi connectivity index (χ3v) is 4.50. The molecular formula is C14H18N2O4. The number of allylic oxidation sites excluding steroid dienone is 1. The van der Waals surface area contributed by atoms with Crippen LogP contribution in [-0.2, 0) is 9.59 Å². The minimum Gasteiger partial charge on any atom is -0.481 e. The predicted octanol–water partition coefficient (Wildman–Crippen LogP) is 1.03. The summed E-state index contributed by atoms with van der Waals surface area (Å²) in [5, 5.41) is 22.1. The summed E-state index contributed by atoms with van der Waals surface area (Å²) in [4.78, 5) is 27.3. The maximum Gasteiger partial charge on any atom is 0.313 e. The van der Waals surface area contributed by atoms with Crippen molar-refractivity contribution in [1.29, 1.82) is 0 Å². The zero-order chi connectivity index (χ0) is 14.3. The molecule has 1 heterocycles. The van der Waals surface area contributed by atoms with Crippen molar-refractivity contribution in [3.8, 4) is 0 Å². The number of carboxylic acids is 2. The normalized spacial score (nSPS) is 36.2. The van der Waals surface area contributed by atoms with Crippen LogP contribution >= 0.6 is 0 Å². The molecule has 3 N–H and O–H groups in total. The van der Waals surface area contributed by atoms with E-state index in [1.165, 1.54) is 0 Å². The molecule has 6 heteroatoms. The Balaban J connectivity index is 1.98. The van der Waals surface area contributed by atoms with Crippen LogP contribution in [0.15, 0.2) is 16.8 Å². The fourth-order valence-electron chi connectivity index (χ4n) is 3.51. The number of aliphatic imine (C=N–C) groups is 1. The summed E-state index contributed by atoms with van der Waals surface area (Å²) in [6, 6.07) is 0.111. The van der Waals surface area contributed by atoms with E-state index in [4.69, 9.17) is 0 Å². The van der Waals surface area contributed by atoms with Crippen LogP contribution < -0.4 is 5.32 Å². The van der Waals surface area contributed by atoms with E-state index >= 15 is 0 Å². The van der Waals surface area contributed by atoms with Crippen molar-refractivity contribution in [1.82, 2.24) is 5.32 Å². The van der Waals surface area contributed by atoms with Crippen molar-refractivity contribution in [2.24, 2.45) is 16.8 Å². The van der Waals surface area contributed by atoms with Gasteiger partial charge < -0.3 is 15.5 Å². The van der Waals surface area contributed by atoms with Gasteiger partial charge >= 0.3 is 11.9 Å². The highest BCUT2D eigenvalue weighted by atomic mass is 16.4. The minimum atomic E-state index is -1.09. The number of hydrogen-bond acceptors (Lipinski definition) is 4. The second-order valence-corrected chi connectivity index (χ2v) is 5.71. The highest BCUT2D eigenvalue weighted by Gasteiger charge is 2.46. The number of nitrogens with zero attached hydrogens (tertiary/aromatic N) is 1. The van der Waals surface area contributed by atoms with Crippen molar-refractivity contribution in [3.63, 3.8) is 0 Å². The first kappa shape index (κ1) is 13.3. The van der Waals surface area contributed by atoms with Crippen LogP contribution in [0.1, 0.15) is 32.1 Å². The van der Waals surface area contributed by atoms with E-state index in [0.29, 0.717) is 18.6 Å². The van der Waals surface area contributed by atoms with Gasteiger partial charge in [-0.05, 0) is 32.1 Å². The van der Waals surface area contributed by atoms with Crippen LogP contribution in [-0.4, -0.2) is 39.9 Å². The molecule has 1 saturated carbocycles. The first-order valence-corrected chi connectivity index (χ1v) is 7.08. The number of carboxylic acid groups (broad SMARTS) is 2. The lowest BCUT2D eigenvalue weighted by atomic mass is 9.74. The molecule has 0 spiro atoms. The number of hydrogen-bond donors (Lipinski definition) is 3. The molecular weight excluding hydrogens is 260 g/mol. The van der Waals surface area contributed by atoms with Gasteiger partial charge in [0.15, 0.2) is 0 Å². The Labute approximate surface area is 116 Å². The second kappa shape index (κ2) is 5.01. The number of aliphatic carboxylic acids is 2. The average molecular weight is 278 g/mol. The summed E-state index contributed by atoms with van der Waals surface area (Å²) < 4.78 is 0. The lowest BCUT2D eigenvalue weighted by Gasteiger charge is -2.40. The standard InChI is InChI=1S/C14H18N2O4/c17-13(18)7-5-6-10-12(11(7)14(19)20)16-9-4-2-1-3-8(9)15-10/h4,7-8,10-11,15H,1-3,5-6H2,(H,17,18)(H,19,20). The van der Waals surface area contributed by atoms with E-state index in [2.05, 4.69) is 10.3 Å². The monoisotopic (exact) mass is 278 g/mol. The Kier molecular flexibility index (Phi) is 3.33. The Morgan fingerprint density at radius 1 is 1.15 bits per heavy atom. The van der Waals surface area contributed by atoms with Crippen molar-refractivity contribution >= 4 is 17.7 Å². The van der Waals surface area contributed by atoms with Gasteiger partial charge in [-0.15, -0.1) is 0 Å². The van der Waals surface area contributed by atoms with E-state index in [-0.39, 0.29) is 12.1 Å². The van der Waals surface area contributed by atoms with E-state index < -0.39 is 23.8 Å². The van der Waals surface area contributed by atoms with E-state index in [1.54, 1.807) is 0 Å². The zero-order valence-corrected chi connectivity index (χ0v) is 11.1. The maximum absolute atomic E-state index is 11.5. The summed E-state index contributed by atoms with van der Waals surface area (Å²) in [6.07, 6.45) is 6.14. The van der Waals surface area contributed by atoms with Gasteiger partial charge in [0.1, 0.15) is 5.92 Å². The van der Waals surface area contributed by atoms with Crippen molar-refractivity contribution in [2.45, 2.75) is 44.2 Å². The largest absolute Gasteiger partial charge is 0.481 e. The van der Waals surface area contributed by atoms with Crippen LogP contribution in [0.3, 0.4) is 0 Å². The lowest BCUT2D eigenvalue weighted by Crippen LogP contribution is -2.56. The van der Waals surface area contributed by atoms with Crippen LogP contribution in [0.5, 0.6) is 0 Å². The molecule has 0 aromatic heterocycles. The maximum atomic E-state index is 11.5. The Morgan fingerprint density at radius 2 is 1.95 bits per heavy atom. The quantitative estimate of drug-likeness (QED) is 0.700.